The van der Waals surface area contributed by atoms with Crippen molar-refractivity contribution in [1.82, 2.24) is 15.1 Å². The van der Waals surface area contributed by atoms with Crippen molar-refractivity contribution in [2.24, 2.45) is 23.7 Å². The van der Waals surface area contributed by atoms with Crippen LogP contribution in [0, 0.1) is 23.7 Å². The fraction of sp³-hybridized carbons (Fsp3) is 0.920. The number of nitrogens with zero attached hydrogens (tertiary/aromatic N) is 2. The van der Waals surface area contributed by atoms with Gasteiger partial charge in [-0.3, -0.25) is 9.69 Å². The molecule has 31 heavy (non-hydrogen) atoms. The van der Waals surface area contributed by atoms with Crippen molar-refractivity contribution < 1.29 is 14.3 Å². The first-order chi connectivity index (χ1) is 14.8. The predicted molar refractivity (Wildman–Crippen MR) is 120 cm³/mol. The Kier molecular flexibility index (Phi) is 5.72. The lowest BCUT2D eigenvalue weighted by Crippen LogP contribution is -2.58. The lowest BCUT2D eigenvalue weighted by atomic mass is 9.54. The van der Waals surface area contributed by atoms with Gasteiger partial charge in [0.2, 0.25) is 5.91 Å². The number of amides is 2. The van der Waals surface area contributed by atoms with Crippen molar-refractivity contribution in [3.63, 3.8) is 0 Å². The van der Waals surface area contributed by atoms with Crippen LogP contribution in [0.15, 0.2) is 0 Å². The first-order valence-electron chi connectivity index (χ1n) is 12.8. The molecule has 2 aliphatic heterocycles. The third kappa shape index (κ3) is 4.46. The second kappa shape index (κ2) is 8.24. The highest BCUT2D eigenvalue weighted by Gasteiger charge is 2.49. The van der Waals surface area contributed by atoms with Gasteiger partial charge in [0.1, 0.15) is 5.60 Å². The third-order valence-corrected chi connectivity index (χ3v) is 8.65. The van der Waals surface area contributed by atoms with Gasteiger partial charge < -0.3 is 15.0 Å². The van der Waals surface area contributed by atoms with E-state index in [0.717, 1.165) is 57.2 Å². The van der Waals surface area contributed by atoms with Gasteiger partial charge >= 0.3 is 6.09 Å². The number of rotatable bonds is 4. The normalized spacial score (nSPS) is 39.8. The molecule has 0 aromatic heterocycles. The smallest absolute Gasteiger partial charge is 0.410 e. The molecule has 174 valence electrons. The number of likely N-dealkylation sites (tertiary alicyclic amines) is 2. The van der Waals surface area contributed by atoms with Gasteiger partial charge in [0.15, 0.2) is 0 Å². The van der Waals surface area contributed by atoms with Crippen molar-refractivity contribution in [3.8, 4) is 0 Å². The number of carbonyl (C=O) groups is 2. The minimum Gasteiger partial charge on any atom is -0.444 e. The zero-order valence-corrected chi connectivity index (χ0v) is 19.6. The molecule has 0 spiro atoms. The summed E-state index contributed by atoms with van der Waals surface area (Å²) in [4.78, 5) is 30.3. The van der Waals surface area contributed by atoms with E-state index >= 15 is 0 Å². The van der Waals surface area contributed by atoms with Gasteiger partial charge in [0.05, 0.1) is 6.04 Å². The summed E-state index contributed by atoms with van der Waals surface area (Å²) < 4.78 is 5.63. The van der Waals surface area contributed by atoms with Crippen LogP contribution in [0.4, 0.5) is 4.79 Å². The maximum atomic E-state index is 13.4. The van der Waals surface area contributed by atoms with Crippen molar-refractivity contribution in [2.75, 3.05) is 19.6 Å². The highest BCUT2D eigenvalue weighted by atomic mass is 16.6. The zero-order valence-electron chi connectivity index (χ0n) is 19.6. The highest BCUT2D eigenvalue weighted by molar-refractivity contribution is 5.82. The Morgan fingerprint density at radius 3 is 2.23 bits per heavy atom. The Morgan fingerprint density at radius 1 is 0.935 bits per heavy atom. The summed E-state index contributed by atoms with van der Waals surface area (Å²) in [7, 11) is 0. The summed E-state index contributed by atoms with van der Waals surface area (Å²) in [5.74, 6) is 3.54. The molecule has 2 atom stereocenters. The highest BCUT2D eigenvalue weighted by Crippen LogP contribution is 2.53. The molecular weight excluding hydrogens is 390 g/mol. The average Bonchev–Trinajstić information content (AvgIpc) is 3.32. The van der Waals surface area contributed by atoms with Crippen molar-refractivity contribution in [1.29, 1.82) is 0 Å². The number of nitrogens with one attached hydrogen (secondary N) is 1. The molecule has 2 amide bonds. The van der Waals surface area contributed by atoms with Crippen LogP contribution in [-0.2, 0) is 9.53 Å². The Bertz CT molecular complexity index is 675. The largest absolute Gasteiger partial charge is 0.444 e. The minimum absolute atomic E-state index is 0.0294. The molecule has 0 aromatic rings. The molecule has 6 nitrogen and oxygen atoms in total. The number of ether oxygens (including phenoxy) is 1. The van der Waals surface area contributed by atoms with E-state index in [0.29, 0.717) is 17.9 Å². The lowest BCUT2D eigenvalue weighted by molar-refractivity contribution is -0.129. The zero-order chi connectivity index (χ0) is 21.8. The van der Waals surface area contributed by atoms with Crippen LogP contribution in [0.1, 0.15) is 78.6 Å². The van der Waals surface area contributed by atoms with E-state index in [4.69, 9.17) is 4.74 Å². The molecule has 0 radical (unpaired) electrons. The Balaban J connectivity index is 1.19. The molecule has 6 heteroatoms. The van der Waals surface area contributed by atoms with Gasteiger partial charge in [-0.25, -0.2) is 4.79 Å². The van der Waals surface area contributed by atoms with Crippen molar-refractivity contribution >= 4 is 12.0 Å². The van der Waals surface area contributed by atoms with E-state index in [1.165, 1.54) is 32.1 Å². The van der Waals surface area contributed by atoms with Gasteiger partial charge in [0.25, 0.3) is 0 Å². The van der Waals surface area contributed by atoms with E-state index in [2.05, 4.69) is 10.2 Å². The van der Waals surface area contributed by atoms with Gasteiger partial charge in [-0.05, 0) is 109 Å². The van der Waals surface area contributed by atoms with E-state index in [1.807, 2.05) is 25.7 Å². The second-order valence-corrected chi connectivity index (χ2v) is 12.1. The van der Waals surface area contributed by atoms with Gasteiger partial charge in [-0.1, -0.05) is 0 Å². The van der Waals surface area contributed by atoms with E-state index in [-0.39, 0.29) is 24.1 Å². The van der Waals surface area contributed by atoms with Crippen molar-refractivity contribution in [2.45, 2.75) is 102 Å². The van der Waals surface area contributed by atoms with Crippen molar-refractivity contribution in [3.05, 3.63) is 0 Å². The molecule has 2 heterocycles. The van der Waals surface area contributed by atoms with Gasteiger partial charge in [0, 0.05) is 25.2 Å². The molecule has 0 unspecified atom stereocenters. The molecule has 6 fully saturated rings. The van der Waals surface area contributed by atoms with Crippen LogP contribution in [0.3, 0.4) is 0 Å². The predicted octanol–water partition coefficient (Wildman–Crippen LogP) is 3.79. The maximum absolute atomic E-state index is 13.4. The third-order valence-electron chi connectivity index (χ3n) is 8.65. The Labute approximate surface area is 187 Å². The fourth-order valence-electron chi connectivity index (χ4n) is 7.62. The summed E-state index contributed by atoms with van der Waals surface area (Å²) in [6.45, 7) is 8.26. The molecule has 0 aromatic carbocycles. The quantitative estimate of drug-likeness (QED) is 0.736. The van der Waals surface area contributed by atoms with Crippen LogP contribution in [0.25, 0.3) is 0 Å². The molecule has 4 aliphatic carbocycles. The fourth-order valence-corrected chi connectivity index (χ4v) is 7.62. The molecule has 4 bridgehead atoms. The summed E-state index contributed by atoms with van der Waals surface area (Å²) in [6, 6.07) is 0.537. The summed E-state index contributed by atoms with van der Waals surface area (Å²) in [5, 5.41) is 3.54. The molecule has 6 rings (SSSR count). The van der Waals surface area contributed by atoms with Crippen LogP contribution < -0.4 is 5.32 Å². The summed E-state index contributed by atoms with van der Waals surface area (Å²) in [5.41, 5.74) is -0.473. The Morgan fingerprint density at radius 2 is 1.58 bits per heavy atom. The van der Waals surface area contributed by atoms with Crippen LogP contribution in [0.5, 0.6) is 0 Å². The molecule has 4 saturated carbocycles. The summed E-state index contributed by atoms with van der Waals surface area (Å²) in [6.07, 6.45) is 10.6. The minimum atomic E-state index is -0.473. The number of hydrogen-bond donors (Lipinski definition) is 1. The molecule has 1 N–H and O–H groups in total. The van der Waals surface area contributed by atoms with Crippen LogP contribution in [0.2, 0.25) is 0 Å². The average molecular weight is 432 g/mol. The van der Waals surface area contributed by atoms with Crippen LogP contribution in [-0.4, -0.2) is 65.2 Å². The molecule has 2 saturated heterocycles. The first-order valence-corrected chi connectivity index (χ1v) is 12.8. The van der Waals surface area contributed by atoms with Gasteiger partial charge in [-0.15, -0.1) is 0 Å². The first kappa shape index (κ1) is 21.5. The standard InChI is InChI=1S/C25H41N3O3/c1-25(2,3)31-24(30)28-9-4-6-20(28)15-27-8-5-7-21(27)23(29)26-22-18-11-16-10-17(13-18)14-19(22)12-16/h16-22H,4-15H2,1-3H3,(H,26,29)/t16?,17?,18?,19?,20-,21+,22?/m0/s1. The number of carbonyl (C=O) groups excluding carboxylic acids is 2. The second-order valence-electron chi connectivity index (χ2n) is 12.1. The van der Waals surface area contributed by atoms with E-state index in [9.17, 15) is 9.59 Å². The van der Waals surface area contributed by atoms with Crippen LogP contribution >= 0.6 is 0 Å². The number of hydrogen-bond acceptors (Lipinski definition) is 4. The topological polar surface area (TPSA) is 61.9 Å². The van der Waals surface area contributed by atoms with E-state index in [1.54, 1.807) is 0 Å². The SMILES string of the molecule is CC(C)(C)OC(=O)N1CCC[C@H]1CN1CCC[C@@H]1C(=O)NC1C2CC3CC(C2)CC1C3. The lowest BCUT2D eigenvalue weighted by Gasteiger charge is -2.54. The monoisotopic (exact) mass is 431 g/mol. The Hall–Kier alpha value is -1.30. The van der Waals surface area contributed by atoms with E-state index < -0.39 is 5.60 Å². The maximum Gasteiger partial charge on any atom is 0.410 e. The van der Waals surface area contributed by atoms with Gasteiger partial charge in [-0.2, -0.15) is 0 Å². The molecule has 6 aliphatic rings. The summed E-state index contributed by atoms with van der Waals surface area (Å²) >= 11 is 0. The molecular formula is C25H41N3O3.